The number of hydrogen-bond donors (Lipinski definition) is 1. The van der Waals surface area contributed by atoms with Gasteiger partial charge < -0.3 is 10.1 Å². The summed E-state index contributed by atoms with van der Waals surface area (Å²) in [6.45, 7) is 2.58. The van der Waals surface area contributed by atoms with E-state index in [9.17, 15) is 0 Å². The minimum absolute atomic E-state index is 0.441. The summed E-state index contributed by atoms with van der Waals surface area (Å²) >= 11 is 0. The Morgan fingerprint density at radius 3 is 2.65 bits per heavy atom. The van der Waals surface area contributed by atoms with Crippen LogP contribution in [0.2, 0.25) is 0 Å². The molecule has 2 rings (SSSR count). The predicted molar refractivity (Wildman–Crippen MR) is 78.6 cm³/mol. The summed E-state index contributed by atoms with van der Waals surface area (Å²) in [5.41, 5.74) is 3.90. The standard InChI is InChI=1S/C16H17N3O/c1-12-9-16(20-2)10-15(19-12)11-18-14-5-3-13(4-6-14)7-8-17/h3-6,9-10,18H,7,11H2,1-2H3. The number of nitrogens with zero attached hydrogens (tertiary/aromatic N) is 2. The van der Waals surface area contributed by atoms with E-state index >= 15 is 0 Å². The zero-order valence-corrected chi connectivity index (χ0v) is 11.7. The van der Waals surface area contributed by atoms with E-state index in [1.165, 1.54) is 0 Å². The number of rotatable bonds is 5. The lowest BCUT2D eigenvalue weighted by molar-refractivity contribution is 0.413. The first-order chi connectivity index (χ1) is 9.71. The molecule has 0 radical (unpaired) electrons. The first-order valence-corrected chi connectivity index (χ1v) is 6.42. The SMILES string of the molecule is COc1cc(C)nc(CNc2ccc(CC#N)cc2)c1. The van der Waals surface area contributed by atoms with Crippen LogP contribution in [0.5, 0.6) is 5.75 Å². The van der Waals surface area contributed by atoms with Gasteiger partial charge in [-0.2, -0.15) is 5.26 Å². The van der Waals surface area contributed by atoms with Crippen LogP contribution in [-0.2, 0) is 13.0 Å². The Labute approximate surface area is 119 Å². The van der Waals surface area contributed by atoms with Crippen LogP contribution in [0.1, 0.15) is 17.0 Å². The van der Waals surface area contributed by atoms with Gasteiger partial charge in [0.1, 0.15) is 5.75 Å². The van der Waals surface area contributed by atoms with Crippen molar-refractivity contribution in [2.24, 2.45) is 0 Å². The van der Waals surface area contributed by atoms with Gasteiger partial charge in [0.15, 0.2) is 0 Å². The molecule has 20 heavy (non-hydrogen) atoms. The number of aryl methyl sites for hydroxylation is 1. The lowest BCUT2D eigenvalue weighted by Gasteiger charge is -2.09. The highest BCUT2D eigenvalue weighted by molar-refractivity contribution is 5.45. The second-order valence-corrected chi connectivity index (χ2v) is 4.53. The zero-order chi connectivity index (χ0) is 14.4. The number of hydrogen-bond acceptors (Lipinski definition) is 4. The molecule has 2 aromatic rings. The fourth-order valence-corrected chi connectivity index (χ4v) is 1.94. The predicted octanol–water partition coefficient (Wildman–Crippen LogP) is 3.08. The van der Waals surface area contributed by atoms with Gasteiger partial charge in [0.25, 0.3) is 0 Å². The quantitative estimate of drug-likeness (QED) is 0.904. The molecule has 1 heterocycles. The van der Waals surface area contributed by atoms with Crippen LogP contribution < -0.4 is 10.1 Å². The second-order valence-electron chi connectivity index (χ2n) is 4.53. The summed E-state index contributed by atoms with van der Waals surface area (Å²) in [7, 11) is 1.65. The zero-order valence-electron chi connectivity index (χ0n) is 11.7. The number of pyridine rings is 1. The monoisotopic (exact) mass is 267 g/mol. The van der Waals surface area contributed by atoms with Gasteiger partial charge >= 0.3 is 0 Å². The number of nitriles is 1. The van der Waals surface area contributed by atoms with Gasteiger partial charge in [-0.3, -0.25) is 4.98 Å². The van der Waals surface area contributed by atoms with Gasteiger partial charge in [-0.1, -0.05) is 12.1 Å². The van der Waals surface area contributed by atoms with Crippen LogP contribution in [0.4, 0.5) is 5.69 Å². The topological polar surface area (TPSA) is 57.9 Å². The molecule has 0 unspecified atom stereocenters. The van der Waals surface area contributed by atoms with Crippen molar-refractivity contribution in [3.8, 4) is 11.8 Å². The van der Waals surface area contributed by atoms with E-state index in [1.54, 1.807) is 7.11 Å². The molecule has 0 atom stereocenters. The lowest BCUT2D eigenvalue weighted by Crippen LogP contribution is -2.03. The molecule has 0 bridgehead atoms. The maximum Gasteiger partial charge on any atom is 0.122 e. The maximum absolute atomic E-state index is 8.63. The molecule has 0 aliphatic heterocycles. The van der Waals surface area contributed by atoms with E-state index in [2.05, 4.69) is 16.4 Å². The van der Waals surface area contributed by atoms with Gasteiger partial charge in [0.2, 0.25) is 0 Å². The molecule has 1 aromatic carbocycles. The highest BCUT2D eigenvalue weighted by Gasteiger charge is 2.01. The largest absolute Gasteiger partial charge is 0.497 e. The lowest BCUT2D eigenvalue weighted by atomic mass is 10.1. The van der Waals surface area contributed by atoms with Crippen LogP contribution in [0.3, 0.4) is 0 Å². The number of ether oxygens (including phenoxy) is 1. The summed E-state index contributed by atoms with van der Waals surface area (Å²) in [6, 6.07) is 13.8. The Morgan fingerprint density at radius 2 is 2.00 bits per heavy atom. The van der Waals surface area contributed by atoms with Crippen LogP contribution in [0.15, 0.2) is 36.4 Å². The molecule has 0 fully saturated rings. The van der Waals surface area contributed by atoms with Crippen LogP contribution in [-0.4, -0.2) is 12.1 Å². The molecule has 4 heteroatoms. The molecule has 0 amide bonds. The molecular weight excluding hydrogens is 250 g/mol. The molecule has 4 nitrogen and oxygen atoms in total. The van der Waals surface area contributed by atoms with E-state index in [4.69, 9.17) is 10.00 Å². The third-order valence-electron chi connectivity index (χ3n) is 2.93. The summed E-state index contributed by atoms with van der Waals surface area (Å²) in [6.07, 6.45) is 0.441. The van der Waals surface area contributed by atoms with Crippen LogP contribution in [0.25, 0.3) is 0 Å². The Bertz CT molecular complexity index is 615. The summed E-state index contributed by atoms with van der Waals surface area (Å²) in [4.78, 5) is 4.46. The van der Waals surface area contributed by atoms with Gasteiger partial charge in [0.05, 0.1) is 31.8 Å². The van der Waals surface area contributed by atoms with Crippen molar-refractivity contribution < 1.29 is 4.74 Å². The molecule has 1 N–H and O–H groups in total. The third kappa shape index (κ3) is 3.72. The Balaban J connectivity index is 2.01. The number of aromatic nitrogens is 1. The Hall–Kier alpha value is -2.54. The van der Waals surface area contributed by atoms with Crippen LogP contribution in [0, 0.1) is 18.3 Å². The van der Waals surface area contributed by atoms with Crippen LogP contribution >= 0.6 is 0 Å². The van der Waals surface area contributed by atoms with Crippen molar-refractivity contribution in [1.82, 2.24) is 4.98 Å². The molecule has 1 aromatic heterocycles. The van der Waals surface area contributed by atoms with E-state index < -0.39 is 0 Å². The average Bonchev–Trinajstić information content (AvgIpc) is 2.46. The minimum atomic E-state index is 0.441. The van der Waals surface area contributed by atoms with Gasteiger partial charge in [-0.15, -0.1) is 0 Å². The van der Waals surface area contributed by atoms with Crippen molar-refractivity contribution in [2.45, 2.75) is 19.9 Å². The van der Waals surface area contributed by atoms with Gasteiger partial charge in [0, 0.05) is 23.5 Å². The third-order valence-corrected chi connectivity index (χ3v) is 2.93. The van der Waals surface area contributed by atoms with Crippen molar-refractivity contribution >= 4 is 5.69 Å². The van der Waals surface area contributed by atoms with E-state index in [0.29, 0.717) is 13.0 Å². The summed E-state index contributed by atoms with van der Waals surface area (Å²) in [5.74, 6) is 0.818. The molecular formula is C16H17N3O. The Kier molecular flexibility index (Phi) is 4.56. The van der Waals surface area contributed by atoms with Gasteiger partial charge in [-0.25, -0.2) is 0 Å². The molecule has 0 aliphatic carbocycles. The first kappa shape index (κ1) is 13.9. The number of methoxy groups -OCH3 is 1. The van der Waals surface area contributed by atoms with Crippen molar-refractivity contribution in [1.29, 1.82) is 5.26 Å². The maximum atomic E-state index is 8.63. The second kappa shape index (κ2) is 6.58. The van der Waals surface area contributed by atoms with Gasteiger partial charge in [-0.05, 0) is 24.6 Å². The molecule has 0 saturated carbocycles. The van der Waals surface area contributed by atoms with E-state index in [1.807, 2.05) is 43.3 Å². The van der Waals surface area contributed by atoms with Crippen molar-refractivity contribution in [3.63, 3.8) is 0 Å². The summed E-state index contributed by atoms with van der Waals surface area (Å²) in [5, 5.41) is 11.9. The molecule has 0 saturated heterocycles. The van der Waals surface area contributed by atoms with Crippen molar-refractivity contribution in [3.05, 3.63) is 53.3 Å². The number of benzene rings is 1. The number of anilines is 1. The smallest absolute Gasteiger partial charge is 0.122 e. The normalized spacial score (nSPS) is 9.85. The summed E-state index contributed by atoms with van der Waals surface area (Å²) < 4.78 is 5.23. The van der Waals surface area contributed by atoms with E-state index in [-0.39, 0.29) is 0 Å². The molecule has 0 spiro atoms. The minimum Gasteiger partial charge on any atom is -0.497 e. The Morgan fingerprint density at radius 1 is 1.25 bits per heavy atom. The average molecular weight is 267 g/mol. The molecule has 102 valence electrons. The first-order valence-electron chi connectivity index (χ1n) is 6.42. The molecule has 0 aliphatic rings. The fourth-order valence-electron chi connectivity index (χ4n) is 1.94. The van der Waals surface area contributed by atoms with Crippen molar-refractivity contribution in [2.75, 3.05) is 12.4 Å². The highest BCUT2D eigenvalue weighted by atomic mass is 16.5. The fraction of sp³-hybridized carbons (Fsp3) is 0.250. The highest BCUT2D eigenvalue weighted by Crippen LogP contribution is 2.15. The number of nitrogens with one attached hydrogen (secondary N) is 1. The van der Waals surface area contributed by atoms with E-state index in [0.717, 1.165) is 28.4 Å².